The molecule has 2 aromatic heterocycles. The van der Waals surface area contributed by atoms with Gasteiger partial charge in [0.2, 0.25) is 0 Å². The normalized spacial score (nSPS) is 11.1. The van der Waals surface area contributed by atoms with Gasteiger partial charge in [0.05, 0.1) is 10.2 Å². The van der Waals surface area contributed by atoms with Gasteiger partial charge in [0.25, 0.3) is 5.91 Å². The van der Waals surface area contributed by atoms with Crippen molar-refractivity contribution in [3.8, 4) is 0 Å². The van der Waals surface area contributed by atoms with Crippen molar-refractivity contribution in [2.24, 2.45) is 0 Å². The first-order valence-electron chi connectivity index (χ1n) is 9.03. The van der Waals surface area contributed by atoms with Crippen LogP contribution < -0.4 is 5.32 Å². The monoisotopic (exact) mass is 374 g/mol. The van der Waals surface area contributed by atoms with Crippen LogP contribution in [0.25, 0.3) is 10.2 Å². The van der Waals surface area contributed by atoms with Crippen molar-refractivity contribution in [2.45, 2.75) is 27.3 Å². The zero-order chi connectivity index (χ0) is 19.0. The predicted octanol–water partition coefficient (Wildman–Crippen LogP) is 5.93. The SMILES string of the molecule is Cc1cc(C)c(NC(=O)c2cc3sccc3n2Cc2ccccc2)c(C)c1. The van der Waals surface area contributed by atoms with Gasteiger partial charge >= 0.3 is 0 Å². The van der Waals surface area contributed by atoms with Gasteiger partial charge in [-0.25, -0.2) is 0 Å². The fourth-order valence-corrected chi connectivity index (χ4v) is 4.48. The summed E-state index contributed by atoms with van der Waals surface area (Å²) in [4.78, 5) is 13.2. The molecular weight excluding hydrogens is 352 g/mol. The van der Waals surface area contributed by atoms with Gasteiger partial charge in [0, 0.05) is 12.2 Å². The molecule has 0 fully saturated rings. The van der Waals surface area contributed by atoms with E-state index in [4.69, 9.17) is 0 Å². The highest BCUT2D eigenvalue weighted by Gasteiger charge is 2.18. The Kier molecular flexibility index (Phi) is 4.58. The Bertz CT molecular complexity index is 1100. The van der Waals surface area contributed by atoms with E-state index in [9.17, 15) is 4.79 Å². The number of carbonyl (C=O) groups excluding carboxylic acids is 1. The van der Waals surface area contributed by atoms with E-state index >= 15 is 0 Å². The molecular formula is C23H22N2OS. The Morgan fingerprint density at radius 1 is 1.00 bits per heavy atom. The van der Waals surface area contributed by atoms with Crippen LogP contribution in [-0.4, -0.2) is 10.5 Å². The zero-order valence-electron chi connectivity index (χ0n) is 15.7. The van der Waals surface area contributed by atoms with Crippen molar-refractivity contribution in [1.29, 1.82) is 0 Å². The van der Waals surface area contributed by atoms with Crippen molar-refractivity contribution >= 4 is 33.1 Å². The van der Waals surface area contributed by atoms with E-state index in [1.54, 1.807) is 11.3 Å². The summed E-state index contributed by atoms with van der Waals surface area (Å²) in [7, 11) is 0. The number of benzene rings is 2. The van der Waals surface area contributed by atoms with Crippen molar-refractivity contribution in [2.75, 3.05) is 5.32 Å². The molecule has 0 bridgehead atoms. The fourth-order valence-electron chi connectivity index (χ4n) is 3.66. The maximum Gasteiger partial charge on any atom is 0.272 e. The van der Waals surface area contributed by atoms with Crippen molar-refractivity contribution in [1.82, 2.24) is 4.57 Å². The lowest BCUT2D eigenvalue weighted by molar-refractivity contribution is 0.101. The minimum atomic E-state index is -0.0654. The van der Waals surface area contributed by atoms with Gasteiger partial charge < -0.3 is 9.88 Å². The Hall–Kier alpha value is -2.85. The molecule has 0 radical (unpaired) electrons. The van der Waals surface area contributed by atoms with Crippen LogP contribution in [0.5, 0.6) is 0 Å². The van der Waals surface area contributed by atoms with Crippen LogP contribution >= 0.6 is 11.3 Å². The van der Waals surface area contributed by atoms with E-state index in [0.29, 0.717) is 12.2 Å². The van der Waals surface area contributed by atoms with Gasteiger partial charge in [-0.1, -0.05) is 48.0 Å². The summed E-state index contributed by atoms with van der Waals surface area (Å²) < 4.78 is 3.24. The minimum absolute atomic E-state index is 0.0654. The molecule has 4 aromatic rings. The quantitative estimate of drug-likeness (QED) is 0.472. The number of nitrogens with zero attached hydrogens (tertiary/aromatic N) is 1. The first kappa shape index (κ1) is 17.6. The van der Waals surface area contributed by atoms with E-state index in [-0.39, 0.29) is 5.91 Å². The third-order valence-electron chi connectivity index (χ3n) is 4.85. The molecule has 4 heteroatoms. The number of amides is 1. The number of hydrogen-bond donors (Lipinski definition) is 1. The maximum absolute atomic E-state index is 13.2. The standard InChI is InChI=1S/C23H22N2OS/c1-15-11-16(2)22(17(3)12-15)24-23(26)20-13-21-19(9-10-27-21)25(20)14-18-7-5-4-6-8-18/h4-13H,14H2,1-3H3,(H,24,26). The average Bonchev–Trinajstić information content (AvgIpc) is 3.21. The van der Waals surface area contributed by atoms with E-state index in [1.807, 2.05) is 38.1 Å². The van der Waals surface area contributed by atoms with E-state index in [2.05, 4.69) is 52.5 Å². The molecule has 27 heavy (non-hydrogen) atoms. The van der Waals surface area contributed by atoms with Crippen LogP contribution in [0.4, 0.5) is 5.69 Å². The lowest BCUT2D eigenvalue weighted by Gasteiger charge is -2.15. The van der Waals surface area contributed by atoms with E-state index in [0.717, 1.165) is 27.0 Å². The summed E-state index contributed by atoms with van der Waals surface area (Å²) in [6.45, 7) is 6.83. The van der Waals surface area contributed by atoms with E-state index in [1.165, 1.54) is 11.1 Å². The van der Waals surface area contributed by atoms with Gasteiger partial charge in [0.15, 0.2) is 0 Å². The van der Waals surface area contributed by atoms with Crippen LogP contribution in [0.2, 0.25) is 0 Å². The number of rotatable bonds is 4. The molecule has 1 amide bonds. The molecule has 0 aliphatic heterocycles. The number of aromatic nitrogens is 1. The molecule has 3 nitrogen and oxygen atoms in total. The smallest absolute Gasteiger partial charge is 0.272 e. The van der Waals surface area contributed by atoms with Crippen LogP contribution in [0.15, 0.2) is 60.0 Å². The van der Waals surface area contributed by atoms with Gasteiger partial charge in [-0.2, -0.15) is 0 Å². The number of aryl methyl sites for hydroxylation is 3. The van der Waals surface area contributed by atoms with Crippen molar-refractivity contribution in [3.63, 3.8) is 0 Å². The molecule has 0 aliphatic rings. The minimum Gasteiger partial charge on any atom is -0.331 e. The average molecular weight is 375 g/mol. The van der Waals surface area contributed by atoms with Gasteiger partial charge in [-0.3, -0.25) is 4.79 Å². The Balaban J connectivity index is 1.72. The summed E-state index contributed by atoms with van der Waals surface area (Å²) >= 11 is 1.66. The number of thiophene rings is 1. The predicted molar refractivity (Wildman–Crippen MR) is 114 cm³/mol. The number of fused-ring (bicyclic) bond motifs is 1. The van der Waals surface area contributed by atoms with Gasteiger partial charge in [-0.15, -0.1) is 11.3 Å². The number of carbonyl (C=O) groups is 1. The molecule has 4 rings (SSSR count). The van der Waals surface area contributed by atoms with Crippen LogP contribution in [-0.2, 0) is 6.54 Å². The lowest BCUT2D eigenvalue weighted by Crippen LogP contribution is -2.18. The maximum atomic E-state index is 13.2. The molecule has 2 heterocycles. The largest absolute Gasteiger partial charge is 0.331 e. The molecule has 0 aliphatic carbocycles. The summed E-state index contributed by atoms with van der Waals surface area (Å²) in [5.74, 6) is -0.0654. The topological polar surface area (TPSA) is 34.0 Å². The molecule has 2 aromatic carbocycles. The first-order valence-corrected chi connectivity index (χ1v) is 9.91. The van der Waals surface area contributed by atoms with Crippen molar-refractivity contribution in [3.05, 3.63) is 87.9 Å². The number of anilines is 1. The summed E-state index contributed by atoms with van der Waals surface area (Å²) in [5.41, 5.74) is 7.26. The molecule has 136 valence electrons. The van der Waals surface area contributed by atoms with Crippen LogP contribution in [0.1, 0.15) is 32.7 Å². The van der Waals surface area contributed by atoms with Crippen LogP contribution in [0.3, 0.4) is 0 Å². The summed E-state index contributed by atoms with van der Waals surface area (Å²) in [6.07, 6.45) is 0. The van der Waals surface area contributed by atoms with E-state index < -0.39 is 0 Å². The third kappa shape index (κ3) is 3.40. The second-order valence-electron chi connectivity index (χ2n) is 7.00. The Morgan fingerprint density at radius 3 is 2.41 bits per heavy atom. The second kappa shape index (κ2) is 7.05. The Morgan fingerprint density at radius 2 is 1.70 bits per heavy atom. The number of hydrogen-bond acceptors (Lipinski definition) is 2. The molecule has 0 saturated heterocycles. The zero-order valence-corrected chi connectivity index (χ0v) is 16.6. The Labute approximate surface area is 163 Å². The number of nitrogens with one attached hydrogen (secondary N) is 1. The molecule has 0 saturated carbocycles. The molecule has 0 spiro atoms. The van der Waals surface area contributed by atoms with Gasteiger partial charge in [0.1, 0.15) is 5.69 Å². The lowest BCUT2D eigenvalue weighted by atomic mass is 10.0. The molecule has 1 N–H and O–H groups in total. The molecule has 0 atom stereocenters. The van der Waals surface area contributed by atoms with Gasteiger partial charge in [-0.05, 0) is 55.0 Å². The molecule has 0 unspecified atom stereocenters. The first-order chi connectivity index (χ1) is 13.0. The highest BCUT2D eigenvalue weighted by Crippen LogP contribution is 2.28. The summed E-state index contributed by atoms with van der Waals surface area (Å²) in [5, 5.41) is 5.22. The third-order valence-corrected chi connectivity index (χ3v) is 5.71. The fraction of sp³-hybridized carbons (Fsp3) is 0.174. The summed E-state index contributed by atoms with van der Waals surface area (Å²) in [6, 6.07) is 18.5. The van der Waals surface area contributed by atoms with Crippen LogP contribution in [0, 0.1) is 20.8 Å². The van der Waals surface area contributed by atoms with Crippen molar-refractivity contribution < 1.29 is 4.79 Å². The highest BCUT2D eigenvalue weighted by atomic mass is 32.1. The highest BCUT2D eigenvalue weighted by molar-refractivity contribution is 7.17. The second-order valence-corrected chi connectivity index (χ2v) is 7.95.